The molecular weight excluding hydrogens is 464 g/mol. The highest BCUT2D eigenvalue weighted by atomic mass is 16.5. The van der Waals surface area contributed by atoms with E-state index in [0.29, 0.717) is 40.9 Å². The number of aldehydes is 1. The average molecular weight is 499 g/mol. The molecule has 194 valence electrons. The van der Waals surface area contributed by atoms with Gasteiger partial charge in [0, 0.05) is 29.3 Å². The molecule has 0 bridgehead atoms. The number of hydrogen-bond acceptors (Lipinski definition) is 7. The van der Waals surface area contributed by atoms with E-state index in [4.69, 9.17) is 9.47 Å². The number of benzene rings is 1. The highest BCUT2D eigenvalue weighted by Gasteiger charge is 2.52. The number of carbonyl (C=O) groups is 3. The molecule has 1 fully saturated rings. The Morgan fingerprint density at radius 3 is 2.67 bits per heavy atom. The van der Waals surface area contributed by atoms with E-state index in [1.807, 2.05) is 6.92 Å². The lowest BCUT2D eigenvalue weighted by molar-refractivity contribution is -0.135. The van der Waals surface area contributed by atoms with E-state index in [9.17, 15) is 24.6 Å². The molecule has 1 aliphatic heterocycles. The Morgan fingerprint density at radius 2 is 2.03 bits per heavy atom. The zero-order chi connectivity index (χ0) is 25.8. The normalized spacial score (nSPS) is 25.1. The molecule has 1 aromatic rings. The SMILES string of the molecule is CCC=CC(=O)N(C1CCCC1)[C@@H]1C=C(C(=O)NCCO)[C@@H]2c3cc(C=O)cc(OC)c3O[C@@H]2[C@H]1O. The summed E-state index contributed by atoms with van der Waals surface area (Å²) in [6.45, 7) is 1.76. The maximum atomic E-state index is 13.3. The molecule has 4 atom stereocenters. The van der Waals surface area contributed by atoms with Crippen LogP contribution >= 0.6 is 0 Å². The molecule has 1 saturated carbocycles. The first-order chi connectivity index (χ1) is 17.4. The fourth-order valence-corrected chi connectivity index (χ4v) is 5.59. The first-order valence-electron chi connectivity index (χ1n) is 12.6. The lowest BCUT2D eigenvalue weighted by Gasteiger charge is -2.42. The van der Waals surface area contributed by atoms with Gasteiger partial charge in [-0.1, -0.05) is 25.8 Å². The smallest absolute Gasteiger partial charge is 0.247 e. The van der Waals surface area contributed by atoms with Crippen LogP contribution in [0.1, 0.15) is 60.9 Å². The molecule has 0 aromatic heterocycles. The van der Waals surface area contributed by atoms with Crippen molar-refractivity contribution in [1.29, 1.82) is 0 Å². The standard InChI is InChI=1S/C27H34N2O7/c1-3-4-9-22(32)29(17-7-5-6-8-17)20-14-19(27(34)28-10-11-30)23-18-12-16(15-31)13-21(35-2)25(18)36-26(23)24(20)33/h4,9,12-15,17,20,23-24,26,30,33H,3,5-8,10-11H2,1-2H3,(H,28,34)/t20-,23+,24+,26+/m1/s1. The summed E-state index contributed by atoms with van der Waals surface area (Å²) in [5, 5.41) is 23.6. The van der Waals surface area contributed by atoms with Gasteiger partial charge in [0.1, 0.15) is 18.5 Å². The van der Waals surface area contributed by atoms with Gasteiger partial charge in [-0.2, -0.15) is 0 Å². The van der Waals surface area contributed by atoms with Crippen molar-refractivity contribution < 1.29 is 34.1 Å². The Morgan fingerprint density at radius 1 is 1.28 bits per heavy atom. The number of rotatable bonds is 9. The third kappa shape index (κ3) is 4.77. The van der Waals surface area contributed by atoms with Gasteiger partial charge in [0.2, 0.25) is 11.8 Å². The van der Waals surface area contributed by atoms with Crippen molar-refractivity contribution in [1.82, 2.24) is 10.2 Å². The van der Waals surface area contributed by atoms with Crippen molar-refractivity contribution in [2.75, 3.05) is 20.3 Å². The summed E-state index contributed by atoms with van der Waals surface area (Å²) in [4.78, 5) is 39.9. The number of nitrogens with zero attached hydrogens (tertiary/aromatic N) is 1. The summed E-state index contributed by atoms with van der Waals surface area (Å²) in [6, 6.07) is 2.34. The van der Waals surface area contributed by atoms with E-state index >= 15 is 0 Å². The van der Waals surface area contributed by atoms with Gasteiger partial charge >= 0.3 is 0 Å². The zero-order valence-electron chi connectivity index (χ0n) is 20.7. The van der Waals surface area contributed by atoms with E-state index < -0.39 is 30.1 Å². The Hall–Kier alpha value is -3.17. The van der Waals surface area contributed by atoms with Gasteiger partial charge in [0.05, 0.1) is 25.7 Å². The molecule has 0 radical (unpaired) electrons. The van der Waals surface area contributed by atoms with Crippen LogP contribution < -0.4 is 14.8 Å². The van der Waals surface area contributed by atoms with E-state index in [1.165, 1.54) is 13.2 Å². The summed E-state index contributed by atoms with van der Waals surface area (Å²) >= 11 is 0. The van der Waals surface area contributed by atoms with Crippen LogP contribution in [0.4, 0.5) is 0 Å². The van der Waals surface area contributed by atoms with Crippen molar-refractivity contribution in [2.24, 2.45) is 0 Å². The molecule has 2 amide bonds. The van der Waals surface area contributed by atoms with Crippen molar-refractivity contribution in [3.63, 3.8) is 0 Å². The summed E-state index contributed by atoms with van der Waals surface area (Å²) in [6.07, 6.45) is 7.98. The molecule has 3 N–H and O–H groups in total. The quantitative estimate of drug-likeness (QED) is 0.351. The molecular formula is C27H34N2O7. The van der Waals surface area contributed by atoms with Crippen LogP contribution in [0.25, 0.3) is 0 Å². The van der Waals surface area contributed by atoms with Gasteiger partial charge in [-0.25, -0.2) is 0 Å². The van der Waals surface area contributed by atoms with Crippen molar-refractivity contribution >= 4 is 18.1 Å². The Kier molecular flexibility index (Phi) is 8.11. The first kappa shape index (κ1) is 25.9. The van der Waals surface area contributed by atoms with Gasteiger partial charge in [0.15, 0.2) is 11.5 Å². The number of allylic oxidation sites excluding steroid dienone is 1. The summed E-state index contributed by atoms with van der Waals surface area (Å²) in [5.41, 5.74) is 1.24. The Labute approximate surface area is 210 Å². The maximum absolute atomic E-state index is 13.3. The van der Waals surface area contributed by atoms with Crippen molar-refractivity contribution in [2.45, 2.75) is 69.2 Å². The van der Waals surface area contributed by atoms with E-state index in [-0.39, 0.29) is 25.1 Å². The molecule has 36 heavy (non-hydrogen) atoms. The number of hydrogen-bond donors (Lipinski definition) is 3. The van der Waals surface area contributed by atoms with Crippen LogP contribution in [0, 0.1) is 0 Å². The molecule has 4 rings (SSSR count). The highest BCUT2D eigenvalue weighted by Crippen LogP contribution is 2.51. The van der Waals surface area contributed by atoms with Crippen LogP contribution in [0.5, 0.6) is 11.5 Å². The minimum atomic E-state index is -1.12. The van der Waals surface area contributed by atoms with E-state index in [1.54, 1.807) is 29.2 Å². The number of aliphatic hydroxyl groups is 2. The number of amides is 2. The number of methoxy groups -OCH3 is 1. The van der Waals surface area contributed by atoms with Gasteiger partial charge in [-0.05, 0) is 43.5 Å². The highest BCUT2D eigenvalue weighted by molar-refractivity contribution is 5.97. The van der Waals surface area contributed by atoms with Crippen LogP contribution in [-0.2, 0) is 9.59 Å². The number of fused-ring (bicyclic) bond motifs is 3. The molecule has 2 aliphatic carbocycles. The van der Waals surface area contributed by atoms with Crippen LogP contribution in [0.2, 0.25) is 0 Å². The average Bonchev–Trinajstić information content (AvgIpc) is 3.55. The molecule has 0 saturated heterocycles. The Bertz CT molecular complexity index is 1060. The minimum Gasteiger partial charge on any atom is -0.493 e. The predicted molar refractivity (Wildman–Crippen MR) is 132 cm³/mol. The zero-order valence-corrected chi connectivity index (χ0v) is 20.7. The molecule has 9 nitrogen and oxygen atoms in total. The van der Waals surface area contributed by atoms with Crippen molar-refractivity contribution in [3.05, 3.63) is 47.1 Å². The third-order valence-corrected chi connectivity index (χ3v) is 7.20. The predicted octanol–water partition coefficient (Wildman–Crippen LogP) is 1.87. The summed E-state index contributed by atoms with van der Waals surface area (Å²) < 4.78 is 11.7. The first-order valence-corrected chi connectivity index (χ1v) is 12.6. The second-order valence-electron chi connectivity index (χ2n) is 9.40. The van der Waals surface area contributed by atoms with Gasteiger partial charge in [-0.3, -0.25) is 14.4 Å². The largest absolute Gasteiger partial charge is 0.493 e. The summed E-state index contributed by atoms with van der Waals surface area (Å²) in [7, 11) is 1.46. The van der Waals surface area contributed by atoms with Gasteiger partial charge < -0.3 is 29.9 Å². The molecule has 3 aliphatic rings. The van der Waals surface area contributed by atoms with E-state index in [2.05, 4.69) is 5.32 Å². The molecule has 0 unspecified atom stereocenters. The number of nitrogens with one attached hydrogen (secondary N) is 1. The second-order valence-corrected chi connectivity index (χ2v) is 9.40. The number of carbonyl (C=O) groups excluding carboxylic acids is 3. The molecule has 1 heterocycles. The fraction of sp³-hybridized carbons (Fsp3) is 0.519. The molecule has 9 heteroatoms. The molecule has 1 aromatic carbocycles. The van der Waals surface area contributed by atoms with Gasteiger partial charge in [0.25, 0.3) is 0 Å². The summed E-state index contributed by atoms with van der Waals surface area (Å²) in [5.74, 6) is -0.619. The minimum absolute atomic E-state index is 0.0523. The maximum Gasteiger partial charge on any atom is 0.247 e. The lowest BCUT2D eigenvalue weighted by Crippen LogP contribution is -2.57. The van der Waals surface area contributed by atoms with Crippen molar-refractivity contribution in [3.8, 4) is 11.5 Å². The third-order valence-electron chi connectivity index (χ3n) is 7.20. The second kappa shape index (κ2) is 11.3. The van der Waals surface area contributed by atoms with Crippen LogP contribution in [0.15, 0.2) is 35.9 Å². The van der Waals surface area contributed by atoms with Crippen LogP contribution in [-0.4, -0.2) is 77.8 Å². The Balaban J connectivity index is 1.82. The topological polar surface area (TPSA) is 125 Å². The van der Waals surface area contributed by atoms with Gasteiger partial charge in [-0.15, -0.1) is 0 Å². The monoisotopic (exact) mass is 498 g/mol. The van der Waals surface area contributed by atoms with E-state index in [0.717, 1.165) is 25.7 Å². The number of aliphatic hydroxyl groups excluding tert-OH is 2. The molecule has 0 spiro atoms. The number of ether oxygens (including phenoxy) is 2. The van der Waals surface area contributed by atoms with Crippen LogP contribution in [0.3, 0.4) is 0 Å². The fourth-order valence-electron chi connectivity index (χ4n) is 5.59. The lowest BCUT2D eigenvalue weighted by atomic mass is 9.77.